The molecule has 0 amide bonds. The van der Waals surface area contributed by atoms with Crippen molar-refractivity contribution in [2.75, 3.05) is 6.54 Å². The standard InChI is InChI=1S/C20H27FN2O/c1-2-5-20(24)15-23(18-9-10-18)14-19-8-4-11-22(19)13-16-6-3-7-17(21)12-16/h3-4,6-8,11-12,18,20,24H,2,5,9-10,13-15H2,1H3/t20-/m1/s1. The van der Waals surface area contributed by atoms with Crippen molar-refractivity contribution in [2.45, 2.75) is 57.8 Å². The quantitative estimate of drug-likeness (QED) is 0.757. The average molecular weight is 330 g/mol. The van der Waals surface area contributed by atoms with Gasteiger partial charge in [0.25, 0.3) is 0 Å². The monoisotopic (exact) mass is 330 g/mol. The van der Waals surface area contributed by atoms with Crippen molar-refractivity contribution in [1.29, 1.82) is 0 Å². The van der Waals surface area contributed by atoms with Crippen LogP contribution < -0.4 is 0 Å². The van der Waals surface area contributed by atoms with Gasteiger partial charge < -0.3 is 9.67 Å². The second kappa shape index (κ2) is 7.95. The molecule has 1 aliphatic carbocycles. The Kier molecular flexibility index (Phi) is 5.69. The lowest BCUT2D eigenvalue weighted by molar-refractivity contribution is 0.0954. The number of hydrogen-bond donors (Lipinski definition) is 1. The lowest BCUT2D eigenvalue weighted by Crippen LogP contribution is -2.34. The van der Waals surface area contributed by atoms with Crippen LogP contribution in [0.4, 0.5) is 4.39 Å². The Morgan fingerprint density at radius 2 is 2.12 bits per heavy atom. The summed E-state index contributed by atoms with van der Waals surface area (Å²) >= 11 is 0. The van der Waals surface area contributed by atoms with Crippen LogP contribution in [0.15, 0.2) is 42.6 Å². The maximum atomic E-state index is 13.4. The molecule has 1 aromatic heterocycles. The van der Waals surface area contributed by atoms with Crippen LogP contribution in [-0.2, 0) is 13.1 Å². The van der Waals surface area contributed by atoms with E-state index < -0.39 is 0 Å². The first kappa shape index (κ1) is 17.2. The van der Waals surface area contributed by atoms with Crippen molar-refractivity contribution >= 4 is 0 Å². The molecule has 3 rings (SSSR count). The predicted octanol–water partition coefficient (Wildman–Crippen LogP) is 3.80. The van der Waals surface area contributed by atoms with E-state index in [-0.39, 0.29) is 11.9 Å². The fraction of sp³-hybridized carbons (Fsp3) is 0.500. The van der Waals surface area contributed by atoms with E-state index in [0.29, 0.717) is 12.6 Å². The zero-order valence-corrected chi connectivity index (χ0v) is 14.4. The molecule has 24 heavy (non-hydrogen) atoms. The summed E-state index contributed by atoms with van der Waals surface area (Å²) in [7, 11) is 0. The summed E-state index contributed by atoms with van der Waals surface area (Å²) in [6.45, 7) is 4.36. The smallest absolute Gasteiger partial charge is 0.123 e. The molecular weight excluding hydrogens is 303 g/mol. The normalized spacial score (nSPS) is 15.8. The highest BCUT2D eigenvalue weighted by atomic mass is 19.1. The largest absolute Gasteiger partial charge is 0.392 e. The lowest BCUT2D eigenvalue weighted by atomic mass is 10.2. The summed E-state index contributed by atoms with van der Waals surface area (Å²) in [6, 6.07) is 11.6. The Bertz CT molecular complexity index is 651. The molecule has 1 aromatic carbocycles. The predicted molar refractivity (Wildman–Crippen MR) is 94.3 cm³/mol. The molecule has 4 heteroatoms. The van der Waals surface area contributed by atoms with Crippen LogP contribution >= 0.6 is 0 Å². The molecule has 0 aliphatic heterocycles. The minimum absolute atomic E-state index is 0.191. The molecule has 1 aliphatic rings. The summed E-state index contributed by atoms with van der Waals surface area (Å²) in [5.41, 5.74) is 2.19. The Labute approximate surface area is 143 Å². The van der Waals surface area contributed by atoms with Gasteiger partial charge in [0.1, 0.15) is 5.82 Å². The van der Waals surface area contributed by atoms with Crippen LogP contribution in [0.1, 0.15) is 43.9 Å². The highest BCUT2D eigenvalue weighted by Gasteiger charge is 2.30. The van der Waals surface area contributed by atoms with Gasteiger partial charge in [-0.1, -0.05) is 25.5 Å². The summed E-state index contributed by atoms with van der Waals surface area (Å²) in [6.07, 6.45) is 6.12. The zero-order chi connectivity index (χ0) is 16.9. The minimum Gasteiger partial charge on any atom is -0.392 e. The van der Waals surface area contributed by atoms with Crippen LogP contribution in [-0.4, -0.2) is 33.3 Å². The molecule has 1 fully saturated rings. The summed E-state index contributed by atoms with van der Waals surface area (Å²) in [5, 5.41) is 10.2. The van der Waals surface area contributed by atoms with Crippen molar-refractivity contribution < 1.29 is 9.50 Å². The zero-order valence-electron chi connectivity index (χ0n) is 14.4. The Balaban J connectivity index is 1.67. The lowest BCUT2D eigenvalue weighted by Gasteiger charge is -2.25. The number of aromatic nitrogens is 1. The van der Waals surface area contributed by atoms with Gasteiger partial charge >= 0.3 is 0 Å². The van der Waals surface area contributed by atoms with E-state index in [1.807, 2.05) is 18.3 Å². The number of rotatable bonds is 9. The van der Waals surface area contributed by atoms with E-state index in [0.717, 1.165) is 31.5 Å². The highest BCUT2D eigenvalue weighted by Crippen LogP contribution is 2.29. The second-order valence-electron chi connectivity index (χ2n) is 6.86. The van der Waals surface area contributed by atoms with Crippen molar-refractivity contribution in [3.8, 4) is 0 Å². The molecule has 130 valence electrons. The Morgan fingerprint density at radius 1 is 1.29 bits per heavy atom. The third-order valence-corrected chi connectivity index (χ3v) is 4.66. The number of nitrogens with zero attached hydrogens (tertiary/aromatic N) is 2. The second-order valence-corrected chi connectivity index (χ2v) is 6.86. The molecule has 0 saturated heterocycles. The van der Waals surface area contributed by atoms with Crippen LogP contribution in [0.5, 0.6) is 0 Å². The van der Waals surface area contributed by atoms with Crippen molar-refractivity contribution in [3.05, 3.63) is 59.7 Å². The fourth-order valence-corrected chi connectivity index (χ4v) is 3.26. The Morgan fingerprint density at radius 3 is 2.83 bits per heavy atom. The SMILES string of the molecule is CCC[C@@H](O)CN(Cc1cccn1Cc1cccc(F)c1)C1CC1. The molecule has 0 unspecified atom stereocenters. The van der Waals surface area contributed by atoms with E-state index in [1.165, 1.54) is 24.6 Å². The topological polar surface area (TPSA) is 28.4 Å². The van der Waals surface area contributed by atoms with Crippen LogP contribution in [0, 0.1) is 5.82 Å². The number of benzene rings is 1. The van der Waals surface area contributed by atoms with Crippen molar-refractivity contribution in [2.24, 2.45) is 0 Å². The summed E-state index contributed by atoms with van der Waals surface area (Å²) in [5.74, 6) is -0.191. The van der Waals surface area contributed by atoms with E-state index >= 15 is 0 Å². The molecule has 1 atom stereocenters. The van der Waals surface area contributed by atoms with Gasteiger partial charge in [0.2, 0.25) is 0 Å². The van der Waals surface area contributed by atoms with Gasteiger partial charge in [0, 0.05) is 37.6 Å². The molecule has 1 N–H and O–H groups in total. The van der Waals surface area contributed by atoms with Crippen LogP contribution in [0.2, 0.25) is 0 Å². The molecule has 1 heterocycles. The van der Waals surface area contributed by atoms with Crippen molar-refractivity contribution in [3.63, 3.8) is 0 Å². The van der Waals surface area contributed by atoms with E-state index in [1.54, 1.807) is 12.1 Å². The molecule has 1 saturated carbocycles. The van der Waals surface area contributed by atoms with Crippen LogP contribution in [0.3, 0.4) is 0 Å². The number of aliphatic hydroxyl groups is 1. The molecular formula is C20H27FN2O. The van der Waals surface area contributed by atoms with E-state index in [4.69, 9.17) is 0 Å². The Hall–Kier alpha value is -1.65. The van der Waals surface area contributed by atoms with Gasteiger partial charge in [0.05, 0.1) is 6.10 Å². The van der Waals surface area contributed by atoms with Gasteiger partial charge in [-0.05, 0) is 49.1 Å². The first-order valence-corrected chi connectivity index (χ1v) is 8.96. The van der Waals surface area contributed by atoms with Crippen molar-refractivity contribution in [1.82, 2.24) is 9.47 Å². The number of halogens is 1. The first-order chi connectivity index (χ1) is 11.7. The van der Waals surface area contributed by atoms with E-state index in [9.17, 15) is 9.50 Å². The third kappa shape index (κ3) is 4.68. The van der Waals surface area contributed by atoms with Gasteiger partial charge in [-0.15, -0.1) is 0 Å². The van der Waals surface area contributed by atoms with Gasteiger partial charge in [-0.25, -0.2) is 4.39 Å². The minimum atomic E-state index is -0.248. The average Bonchev–Trinajstić information content (AvgIpc) is 3.30. The molecule has 0 spiro atoms. The maximum Gasteiger partial charge on any atom is 0.123 e. The molecule has 0 radical (unpaired) electrons. The fourth-order valence-electron chi connectivity index (χ4n) is 3.26. The first-order valence-electron chi connectivity index (χ1n) is 8.96. The molecule has 3 nitrogen and oxygen atoms in total. The van der Waals surface area contributed by atoms with Gasteiger partial charge in [-0.3, -0.25) is 4.90 Å². The van der Waals surface area contributed by atoms with E-state index in [2.05, 4.69) is 22.5 Å². The molecule has 0 bridgehead atoms. The summed E-state index contributed by atoms with van der Waals surface area (Å²) < 4.78 is 15.6. The van der Waals surface area contributed by atoms with Gasteiger partial charge in [-0.2, -0.15) is 0 Å². The molecule has 2 aromatic rings. The highest BCUT2D eigenvalue weighted by molar-refractivity contribution is 5.19. The van der Waals surface area contributed by atoms with Crippen LogP contribution in [0.25, 0.3) is 0 Å². The number of hydrogen-bond acceptors (Lipinski definition) is 2. The maximum absolute atomic E-state index is 13.4. The third-order valence-electron chi connectivity index (χ3n) is 4.66. The summed E-state index contributed by atoms with van der Waals surface area (Å²) in [4.78, 5) is 2.40. The van der Waals surface area contributed by atoms with Gasteiger partial charge in [0.15, 0.2) is 0 Å². The number of aliphatic hydroxyl groups excluding tert-OH is 1.